The molecule has 0 aromatic heterocycles. The van der Waals surface area contributed by atoms with Crippen LogP contribution >= 0.6 is 0 Å². The van der Waals surface area contributed by atoms with Crippen LogP contribution in [0.5, 0.6) is 0 Å². The molecule has 1 aliphatic heterocycles. The zero-order valence-corrected chi connectivity index (χ0v) is 16.7. The van der Waals surface area contributed by atoms with Crippen LogP contribution in [-0.4, -0.2) is 34.7 Å². The van der Waals surface area contributed by atoms with Crippen molar-refractivity contribution >= 4 is 20.2 Å². The van der Waals surface area contributed by atoms with E-state index in [1.807, 2.05) is 24.3 Å². The van der Waals surface area contributed by atoms with Gasteiger partial charge in [-0.15, -0.1) is 0 Å². The highest BCUT2D eigenvalue weighted by atomic mass is 32.2. The van der Waals surface area contributed by atoms with Crippen molar-refractivity contribution in [3.63, 3.8) is 0 Å². The molecule has 0 aliphatic carbocycles. The molecule has 1 heterocycles. The van der Waals surface area contributed by atoms with Gasteiger partial charge in [-0.2, -0.15) is 17.4 Å². The van der Waals surface area contributed by atoms with E-state index in [0.717, 1.165) is 5.56 Å². The maximum atomic E-state index is 12.6. The molecule has 3 rings (SSSR count). The molecule has 0 bridgehead atoms. The number of hydrogen-bond donors (Lipinski definition) is 2. The summed E-state index contributed by atoms with van der Waals surface area (Å²) in [6.07, 6.45) is 0.689. The third-order valence-electron chi connectivity index (χ3n) is 4.55. The molecule has 1 aliphatic rings. The van der Waals surface area contributed by atoms with Crippen molar-refractivity contribution in [2.45, 2.75) is 25.3 Å². The molecule has 0 amide bonds. The number of nitrogens with one attached hydrogen (secondary N) is 2. The van der Waals surface area contributed by atoms with Crippen LogP contribution in [0.25, 0.3) is 0 Å². The number of rotatable bonds is 7. The molecule has 146 valence electrons. The third-order valence-corrected chi connectivity index (χ3v) is 7.39. The number of hydrogen-bond acceptors (Lipinski definition) is 4. The van der Waals surface area contributed by atoms with Crippen LogP contribution in [0.15, 0.2) is 48.5 Å². The minimum absolute atomic E-state index is 0.105. The predicted molar refractivity (Wildman–Crippen MR) is 104 cm³/mol. The van der Waals surface area contributed by atoms with Crippen LogP contribution in [0.2, 0.25) is 0 Å². The molecule has 27 heavy (non-hydrogen) atoms. The van der Waals surface area contributed by atoms with E-state index in [1.54, 1.807) is 24.3 Å². The monoisotopic (exact) mass is 409 g/mol. The molecular weight excluding hydrogens is 386 g/mol. The Hall–Kier alpha value is -1.78. The third kappa shape index (κ3) is 5.14. The first-order valence-corrected chi connectivity index (χ1v) is 11.7. The van der Waals surface area contributed by atoms with Crippen molar-refractivity contribution in [2.24, 2.45) is 0 Å². The highest BCUT2D eigenvalue weighted by Crippen LogP contribution is 2.20. The molecule has 9 heteroatoms. The summed E-state index contributed by atoms with van der Waals surface area (Å²) >= 11 is 0. The minimum atomic E-state index is -3.62. The van der Waals surface area contributed by atoms with Crippen molar-refractivity contribution in [3.8, 4) is 0 Å². The van der Waals surface area contributed by atoms with E-state index in [1.165, 1.54) is 16.9 Å². The average Bonchev–Trinajstić information content (AvgIpc) is 2.66. The second kappa shape index (κ2) is 8.07. The molecule has 0 atom stereocenters. The topological polar surface area (TPSA) is 95.6 Å². The van der Waals surface area contributed by atoms with Gasteiger partial charge in [0.25, 0.3) is 10.2 Å². The van der Waals surface area contributed by atoms with Crippen molar-refractivity contribution < 1.29 is 16.8 Å². The fraction of sp³-hybridized carbons (Fsp3) is 0.333. The van der Waals surface area contributed by atoms with Crippen LogP contribution in [-0.2, 0) is 45.5 Å². The van der Waals surface area contributed by atoms with Gasteiger partial charge in [0.2, 0.25) is 10.0 Å². The Bertz CT molecular complexity index is 1020. The molecule has 0 spiro atoms. The summed E-state index contributed by atoms with van der Waals surface area (Å²) in [6.45, 7) is 0.896. The first kappa shape index (κ1) is 20.0. The standard InChI is InChI=1S/C18H23N3O4S2/c1-19-26(22,23)14-16-6-4-5-15(11-16)12-20-27(24,25)21-10-9-17-7-2-3-8-18(17)13-21/h2-8,11,19-20H,9-10,12-14H2,1H3. The molecule has 2 N–H and O–H groups in total. The lowest BCUT2D eigenvalue weighted by atomic mass is 10.0. The largest absolute Gasteiger partial charge is 0.280 e. The number of fused-ring (bicyclic) bond motifs is 1. The first-order chi connectivity index (χ1) is 12.8. The lowest BCUT2D eigenvalue weighted by Gasteiger charge is -2.28. The van der Waals surface area contributed by atoms with Crippen LogP contribution in [0.1, 0.15) is 22.3 Å². The first-order valence-electron chi connectivity index (χ1n) is 8.60. The Balaban J connectivity index is 1.66. The van der Waals surface area contributed by atoms with Crippen LogP contribution in [0, 0.1) is 0 Å². The summed E-state index contributed by atoms with van der Waals surface area (Å²) < 4.78 is 54.9. The Morgan fingerprint density at radius 2 is 1.67 bits per heavy atom. The second-order valence-electron chi connectivity index (χ2n) is 6.46. The summed E-state index contributed by atoms with van der Waals surface area (Å²) in [7, 11) is -5.63. The fourth-order valence-corrected chi connectivity index (χ4v) is 5.00. The molecule has 0 saturated heterocycles. The van der Waals surface area contributed by atoms with Gasteiger partial charge in [0.15, 0.2) is 0 Å². The lowest BCUT2D eigenvalue weighted by molar-refractivity contribution is 0.384. The highest BCUT2D eigenvalue weighted by Gasteiger charge is 2.26. The van der Waals surface area contributed by atoms with Crippen LogP contribution in [0.4, 0.5) is 0 Å². The van der Waals surface area contributed by atoms with Crippen molar-refractivity contribution in [2.75, 3.05) is 13.6 Å². The predicted octanol–water partition coefficient (Wildman–Crippen LogP) is 1.13. The normalized spacial score (nSPS) is 15.4. The van der Waals surface area contributed by atoms with Gasteiger partial charge < -0.3 is 0 Å². The smallest absolute Gasteiger partial charge is 0.218 e. The van der Waals surface area contributed by atoms with Gasteiger partial charge in [0, 0.05) is 19.6 Å². The van der Waals surface area contributed by atoms with Gasteiger partial charge in [-0.05, 0) is 35.7 Å². The molecule has 0 fully saturated rings. The lowest BCUT2D eigenvalue weighted by Crippen LogP contribution is -2.43. The zero-order valence-electron chi connectivity index (χ0n) is 15.1. The Labute approximate surface area is 160 Å². The SMILES string of the molecule is CNS(=O)(=O)Cc1cccc(CNS(=O)(=O)N2CCc3ccccc3C2)c1. The molecule has 0 unspecified atom stereocenters. The number of benzene rings is 2. The van der Waals surface area contributed by atoms with E-state index in [-0.39, 0.29) is 12.3 Å². The molecule has 7 nitrogen and oxygen atoms in total. The Kier molecular flexibility index (Phi) is 5.97. The second-order valence-corrected chi connectivity index (χ2v) is 10.1. The van der Waals surface area contributed by atoms with Crippen molar-refractivity contribution in [1.82, 2.24) is 13.7 Å². The van der Waals surface area contributed by atoms with Crippen LogP contribution in [0.3, 0.4) is 0 Å². The highest BCUT2D eigenvalue weighted by molar-refractivity contribution is 7.88. The van der Waals surface area contributed by atoms with E-state index in [4.69, 9.17) is 0 Å². The van der Waals surface area contributed by atoms with E-state index < -0.39 is 20.2 Å². The zero-order chi connectivity index (χ0) is 19.5. The Morgan fingerprint density at radius 3 is 2.41 bits per heavy atom. The quantitative estimate of drug-likeness (QED) is 0.717. The van der Waals surface area contributed by atoms with Crippen LogP contribution < -0.4 is 9.44 Å². The van der Waals surface area contributed by atoms with Gasteiger partial charge in [-0.1, -0.05) is 48.5 Å². The van der Waals surface area contributed by atoms with Gasteiger partial charge >= 0.3 is 0 Å². The van der Waals surface area contributed by atoms with E-state index in [2.05, 4.69) is 9.44 Å². The van der Waals surface area contributed by atoms with Gasteiger partial charge in [0.05, 0.1) is 5.75 Å². The van der Waals surface area contributed by atoms with Gasteiger partial charge in [0.1, 0.15) is 0 Å². The fourth-order valence-electron chi connectivity index (χ4n) is 3.06. The average molecular weight is 410 g/mol. The van der Waals surface area contributed by atoms with Gasteiger partial charge in [-0.3, -0.25) is 0 Å². The summed E-state index contributed by atoms with van der Waals surface area (Å²) in [5.74, 6) is -0.146. The molecule has 2 aromatic rings. The number of sulfonamides is 1. The maximum Gasteiger partial charge on any atom is 0.280 e. The van der Waals surface area contributed by atoms with E-state index in [9.17, 15) is 16.8 Å². The summed E-state index contributed by atoms with van der Waals surface area (Å²) in [6, 6.07) is 14.7. The van der Waals surface area contributed by atoms with E-state index in [0.29, 0.717) is 30.6 Å². The summed E-state index contributed by atoms with van der Waals surface area (Å²) in [4.78, 5) is 0. The maximum absolute atomic E-state index is 12.6. The summed E-state index contributed by atoms with van der Waals surface area (Å²) in [5, 5.41) is 0. The van der Waals surface area contributed by atoms with Crippen molar-refractivity contribution in [3.05, 3.63) is 70.8 Å². The number of nitrogens with zero attached hydrogens (tertiary/aromatic N) is 1. The molecule has 0 radical (unpaired) electrons. The Morgan fingerprint density at radius 1 is 0.963 bits per heavy atom. The summed E-state index contributed by atoms with van der Waals surface area (Å²) in [5.41, 5.74) is 3.52. The van der Waals surface area contributed by atoms with Gasteiger partial charge in [-0.25, -0.2) is 13.1 Å². The molecule has 2 aromatic carbocycles. The molecule has 0 saturated carbocycles. The van der Waals surface area contributed by atoms with Crippen molar-refractivity contribution in [1.29, 1.82) is 0 Å². The minimum Gasteiger partial charge on any atom is -0.218 e. The van der Waals surface area contributed by atoms with E-state index >= 15 is 0 Å². The molecular formula is C18H23N3O4S2.